The number of H-pyrrole nitrogens is 1. The maximum atomic E-state index is 12.3. The number of rotatable bonds is 3. The molecule has 0 unspecified atom stereocenters. The first-order valence-corrected chi connectivity index (χ1v) is 7.66. The van der Waals surface area contributed by atoms with Crippen molar-refractivity contribution >= 4 is 15.8 Å². The molecule has 3 rings (SSSR count). The van der Waals surface area contributed by atoms with E-state index >= 15 is 0 Å². The van der Waals surface area contributed by atoms with Gasteiger partial charge in [-0.3, -0.25) is 9.82 Å². The van der Waals surface area contributed by atoms with E-state index in [4.69, 9.17) is 5.26 Å². The Morgan fingerprint density at radius 2 is 2.10 bits per heavy atom. The van der Waals surface area contributed by atoms with Gasteiger partial charge in [-0.2, -0.15) is 10.4 Å². The lowest BCUT2D eigenvalue weighted by atomic mass is 10.1. The molecule has 0 amide bonds. The highest BCUT2D eigenvalue weighted by Gasteiger charge is 2.20. The molecule has 2 aromatic rings. The van der Waals surface area contributed by atoms with Crippen molar-refractivity contribution in [1.82, 2.24) is 10.2 Å². The van der Waals surface area contributed by atoms with Crippen LogP contribution in [0.5, 0.6) is 0 Å². The molecule has 0 saturated heterocycles. The Morgan fingerprint density at radius 1 is 1.30 bits per heavy atom. The number of sulfonamides is 1. The molecule has 0 radical (unpaired) electrons. The van der Waals surface area contributed by atoms with Gasteiger partial charge >= 0.3 is 0 Å². The summed E-state index contributed by atoms with van der Waals surface area (Å²) in [6.07, 6.45) is 4.25. The van der Waals surface area contributed by atoms with Crippen LogP contribution in [0.1, 0.15) is 23.1 Å². The van der Waals surface area contributed by atoms with Crippen molar-refractivity contribution in [3.8, 4) is 6.07 Å². The normalized spacial score (nSPS) is 13.8. The molecule has 0 bridgehead atoms. The fourth-order valence-electron chi connectivity index (χ4n) is 2.36. The van der Waals surface area contributed by atoms with Crippen LogP contribution in [0.4, 0.5) is 5.82 Å². The zero-order valence-electron chi connectivity index (χ0n) is 10.5. The van der Waals surface area contributed by atoms with Crippen molar-refractivity contribution in [1.29, 1.82) is 5.26 Å². The zero-order valence-corrected chi connectivity index (χ0v) is 11.4. The Hall–Kier alpha value is -2.33. The topological polar surface area (TPSA) is 98.6 Å². The minimum Gasteiger partial charge on any atom is -0.263 e. The summed E-state index contributed by atoms with van der Waals surface area (Å²) >= 11 is 0. The fourth-order valence-corrected chi connectivity index (χ4v) is 3.44. The van der Waals surface area contributed by atoms with Gasteiger partial charge in [0.05, 0.1) is 11.1 Å². The number of nitrogens with zero attached hydrogens (tertiary/aromatic N) is 2. The van der Waals surface area contributed by atoms with Crippen LogP contribution >= 0.6 is 0 Å². The largest absolute Gasteiger partial charge is 0.263 e. The minimum absolute atomic E-state index is 0.0907. The van der Waals surface area contributed by atoms with Gasteiger partial charge in [-0.1, -0.05) is 6.07 Å². The van der Waals surface area contributed by atoms with Crippen LogP contribution in [0, 0.1) is 11.3 Å². The summed E-state index contributed by atoms with van der Waals surface area (Å²) in [4.78, 5) is 0.205. The number of aromatic nitrogens is 2. The third-order valence-corrected chi connectivity index (χ3v) is 4.72. The van der Waals surface area contributed by atoms with E-state index in [9.17, 15) is 8.42 Å². The SMILES string of the molecule is N#Cc1cn[nH]c1NS(=O)(=O)c1ccc2c(c1)CCC2. The molecule has 102 valence electrons. The molecule has 1 aromatic carbocycles. The average molecular weight is 288 g/mol. The number of hydrogen-bond acceptors (Lipinski definition) is 4. The van der Waals surface area contributed by atoms with Crippen LogP contribution in [0.2, 0.25) is 0 Å². The highest BCUT2D eigenvalue weighted by molar-refractivity contribution is 7.92. The lowest BCUT2D eigenvalue weighted by Crippen LogP contribution is -2.14. The van der Waals surface area contributed by atoms with E-state index in [1.54, 1.807) is 12.1 Å². The van der Waals surface area contributed by atoms with Crippen LogP contribution in [-0.4, -0.2) is 18.6 Å². The van der Waals surface area contributed by atoms with Crippen molar-refractivity contribution in [2.45, 2.75) is 24.2 Å². The predicted octanol–water partition coefficient (Wildman–Crippen LogP) is 1.57. The molecule has 7 heteroatoms. The number of aryl methyl sites for hydroxylation is 2. The second-order valence-corrected chi connectivity index (χ2v) is 6.34. The zero-order chi connectivity index (χ0) is 14.2. The third-order valence-electron chi connectivity index (χ3n) is 3.38. The molecule has 2 N–H and O–H groups in total. The van der Waals surface area contributed by atoms with Crippen molar-refractivity contribution < 1.29 is 8.42 Å². The van der Waals surface area contributed by atoms with E-state index < -0.39 is 10.0 Å². The highest BCUT2D eigenvalue weighted by Crippen LogP contribution is 2.25. The van der Waals surface area contributed by atoms with Gasteiger partial charge in [-0.15, -0.1) is 0 Å². The summed E-state index contributed by atoms with van der Waals surface area (Å²) in [5, 5.41) is 15.0. The van der Waals surface area contributed by atoms with Gasteiger partial charge in [0.2, 0.25) is 0 Å². The molecule has 0 atom stereocenters. The van der Waals surface area contributed by atoms with Crippen LogP contribution in [0.25, 0.3) is 0 Å². The summed E-state index contributed by atoms with van der Waals surface area (Å²) in [5.41, 5.74) is 2.45. The van der Waals surface area contributed by atoms with Gasteiger partial charge in [0, 0.05) is 0 Å². The van der Waals surface area contributed by atoms with Crippen LogP contribution in [0.15, 0.2) is 29.3 Å². The number of fused-ring (bicyclic) bond motifs is 1. The van der Waals surface area contributed by atoms with E-state index in [1.165, 1.54) is 11.8 Å². The van der Waals surface area contributed by atoms with Crippen molar-refractivity contribution in [3.05, 3.63) is 41.1 Å². The summed E-state index contributed by atoms with van der Waals surface area (Å²) in [6.45, 7) is 0. The van der Waals surface area contributed by atoms with Gasteiger partial charge in [-0.05, 0) is 42.5 Å². The number of nitriles is 1. The fraction of sp³-hybridized carbons (Fsp3) is 0.231. The molecule has 20 heavy (non-hydrogen) atoms. The van der Waals surface area contributed by atoms with E-state index in [2.05, 4.69) is 14.9 Å². The molecule has 0 saturated carbocycles. The molecule has 6 nitrogen and oxygen atoms in total. The minimum atomic E-state index is -3.71. The summed E-state index contributed by atoms with van der Waals surface area (Å²) in [5.74, 6) is 0.0907. The maximum Gasteiger partial charge on any atom is 0.263 e. The summed E-state index contributed by atoms with van der Waals surface area (Å²) in [6, 6.07) is 7.02. The van der Waals surface area contributed by atoms with E-state index in [0.29, 0.717) is 0 Å². The summed E-state index contributed by atoms with van der Waals surface area (Å²) < 4.78 is 27.0. The molecule has 1 heterocycles. The third kappa shape index (κ3) is 2.14. The number of aromatic amines is 1. The Morgan fingerprint density at radius 3 is 2.90 bits per heavy atom. The molecule has 0 spiro atoms. The standard InChI is InChI=1S/C13H12N4O2S/c14-7-11-8-15-16-13(11)17-20(18,19)12-5-4-9-2-1-3-10(9)6-12/h4-6,8H,1-3H2,(H2,15,16,17). The predicted molar refractivity (Wildman–Crippen MR) is 72.6 cm³/mol. The lowest BCUT2D eigenvalue weighted by Gasteiger charge is -2.08. The molecule has 1 aliphatic carbocycles. The first kappa shape index (κ1) is 12.7. The second-order valence-electron chi connectivity index (χ2n) is 4.66. The highest BCUT2D eigenvalue weighted by atomic mass is 32.2. The molecule has 0 aliphatic heterocycles. The van der Waals surface area contributed by atoms with Crippen molar-refractivity contribution in [3.63, 3.8) is 0 Å². The number of anilines is 1. The van der Waals surface area contributed by atoms with E-state index in [-0.39, 0.29) is 16.3 Å². The molecule has 1 aromatic heterocycles. The lowest BCUT2D eigenvalue weighted by molar-refractivity contribution is 0.601. The Bertz CT molecular complexity index is 802. The molecular formula is C13H12N4O2S. The van der Waals surface area contributed by atoms with E-state index in [0.717, 1.165) is 24.8 Å². The van der Waals surface area contributed by atoms with Crippen molar-refractivity contribution in [2.75, 3.05) is 4.72 Å². The number of hydrogen-bond donors (Lipinski definition) is 2. The van der Waals surface area contributed by atoms with Crippen LogP contribution in [0.3, 0.4) is 0 Å². The molecule has 0 fully saturated rings. The monoisotopic (exact) mass is 288 g/mol. The van der Waals surface area contributed by atoms with Gasteiger partial charge in [0.1, 0.15) is 11.6 Å². The smallest absolute Gasteiger partial charge is 0.263 e. The Balaban J connectivity index is 1.95. The number of nitrogens with one attached hydrogen (secondary N) is 2. The Labute approximate surface area is 116 Å². The number of benzene rings is 1. The first-order chi connectivity index (χ1) is 9.60. The maximum absolute atomic E-state index is 12.3. The second kappa shape index (κ2) is 4.65. The van der Waals surface area contributed by atoms with Crippen LogP contribution < -0.4 is 4.72 Å². The van der Waals surface area contributed by atoms with Crippen molar-refractivity contribution in [2.24, 2.45) is 0 Å². The van der Waals surface area contributed by atoms with Gasteiger partial charge in [0.25, 0.3) is 10.0 Å². The first-order valence-electron chi connectivity index (χ1n) is 6.18. The molecule has 1 aliphatic rings. The Kier molecular flexibility index (Phi) is 2.95. The van der Waals surface area contributed by atoms with Gasteiger partial charge in [-0.25, -0.2) is 8.42 Å². The van der Waals surface area contributed by atoms with E-state index in [1.807, 2.05) is 12.1 Å². The summed E-state index contributed by atoms with van der Waals surface area (Å²) in [7, 11) is -3.71. The van der Waals surface area contributed by atoms with Gasteiger partial charge in [0.15, 0.2) is 5.82 Å². The average Bonchev–Trinajstić information content (AvgIpc) is 3.05. The van der Waals surface area contributed by atoms with Crippen LogP contribution in [-0.2, 0) is 22.9 Å². The quantitative estimate of drug-likeness (QED) is 0.895. The van der Waals surface area contributed by atoms with Gasteiger partial charge < -0.3 is 0 Å². The molecular weight excluding hydrogens is 276 g/mol.